The standard InChI is InChI=1S/C22H42O6S/c1-21(2,3)27-19(23)17-25-13-9-7-11-15-29-16-12-8-10-14-26-18-20(24)28-22(4,5)6/h7-18H2,1-6H3. The number of rotatable bonds is 16. The highest BCUT2D eigenvalue weighted by Gasteiger charge is 2.16. The average Bonchev–Trinajstić information content (AvgIpc) is 2.55. The van der Waals surface area contributed by atoms with Gasteiger partial charge in [-0.3, -0.25) is 0 Å². The lowest BCUT2D eigenvalue weighted by Crippen LogP contribution is -2.26. The van der Waals surface area contributed by atoms with Crippen LogP contribution in [0, 0.1) is 0 Å². The van der Waals surface area contributed by atoms with E-state index in [1.165, 1.54) is 12.8 Å². The van der Waals surface area contributed by atoms with Crippen molar-refractivity contribution in [2.45, 2.75) is 91.3 Å². The van der Waals surface area contributed by atoms with Gasteiger partial charge in [0.1, 0.15) is 24.4 Å². The van der Waals surface area contributed by atoms with Crippen LogP contribution in [0.2, 0.25) is 0 Å². The number of ether oxygens (including phenoxy) is 4. The van der Waals surface area contributed by atoms with Gasteiger partial charge in [0.25, 0.3) is 0 Å². The predicted molar refractivity (Wildman–Crippen MR) is 118 cm³/mol. The van der Waals surface area contributed by atoms with Gasteiger partial charge in [0.05, 0.1) is 0 Å². The van der Waals surface area contributed by atoms with Crippen molar-refractivity contribution in [3.8, 4) is 0 Å². The first-order valence-corrected chi connectivity index (χ1v) is 11.8. The number of carbonyl (C=O) groups is 2. The third-order valence-corrected chi connectivity index (χ3v) is 4.59. The molecule has 29 heavy (non-hydrogen) atoms. The summed E-state index contributed by atoms with van der Waals surface area (Å²) in [5.41, 5.74) is -0.907. The first-order valence-electron chi connectivity index (χ1n) is 10.7. The second-order valence-electron chi connectivity index (χ2n) is 9.01. The van der Waals surface area contributed by atoms with E-state index in [-0.39, 0.29) is 25.2 Å². The van der Waals surface area contributed by atoms with E-state index in [1.807, 2.05) is 53.3 Å². The Morgan fingerprint density at radius 2 is 1.00 bits per heavy atom. The average molecular weight is 435 g/mol. The minimum absolute atomic E-state index is 0.0352. The van der Waals surface area contributed by atoms with E-state index in [0.29, 0.717) is 13.2 Å². The monoisotopic (exact) mass is 434 g/mol. The number of unbranched alkanes of at least 4 members (excludes halogenated alkanes) is 4. The molecule has 0 radical (unpaired) electrons. The van der Waals surface area contributed by atoms with Crippen molar-refractivity contribution in [1.29, 1.82) is 0 Å². The second-order valence-corrected chi connectivity index (χ2v) is 10.2. The molecular weight excluding hydrogens is 392 g/mol. The fourth-order valence-electron chi connectivity index (χ4n) is 2.33. The van der Waals surface area contributed by atoms with Gasteiger partial charge in [-0.15, -0.1) is 0 Å². The minimum atomic E-state index is -0.454. The Kier molecular flexibility index (Phi) is 15.5. The molecule has 0 saturated carbocycles. The smallest absolute Gasteiger partial charge is 0.332 e. The summed E-state index contributed by atoms with van der Waals surface area (Å²) in [5.74, 6) is 1.70. The van der Waals surface area contributed by atoms with Gasteiger partial charge in [0, 0.05) is 13.2 Å². The zero-order valence-electron chi connectivity index (χ0n) is 19.3. The van der Waals surface area contributed by atoms with E-state index in [0.717, 1.165) is 37.2 Å². The summed E-state index contributed by atoms with van der Waals surface area (Å²) < 4.78 is 21.1. The van der Waals surface area contributed by atoms with Crippen LogP contribution in [0.3, 0.4) is 0 Å². The molecule has 0 aromatic carbocycles. The lowest BCUT2D eigenvalue weighted by atomic mass is 10.2. The molecule has 0 rings (SSSR count). The van der Waals surface area contributed by atoms with Crippen LogP contribution in [-0.4, -0.2) is 61.1 Å². The van der Waals surface area contributed by atoms with E-state index < -0.39 is 11.2 Å². The van der Waals surface area contributed by atoms with Crippen LogP contribution < -0.4 is 0 Å². The summed E-state index contributed by atoms with van der Waals surface area (Å²) in [5, 5.41) is 0. The summed E-state index contributed by atoms with van der Waals surface area (Å²) in [6, 6.07) is 0. The van der Waals surface area contributed by atoms with Crippen LogP contribution >= 0.6 is 11.8 Å². The molecule has 0 atom stereocenters. The Balaban J connectivity index is 3.26. The molecule has 0 fully saturated rings. The van der Waals surface area contributed by atoms with Crippen molar-refractivity contribution >= 4 is 23.7 Å². The summed E-state index contributed by atoms with van der Waals surface area (Å²) in [6.45, 7) is 12.4. The maximum Gasteiger partial charge on any atom is 0.332 e. The van der Waals surface area contributed by atoms with E-state index in [1.54, 1.807) is 0 Å². The number of hydrogen-bond acceptors (Lipinski definition) is 7. The van der Waals surface area contributed by atoms with E-state index in [4.69, 9.17) is 18.9 Å². The normalized spacial score (nSPS) is 12.1. The second kappa shape index (κ2) is 16.0. The summed E-state index contributed by atoms with van der Waals surface area (Å²) in [6.07, 6.45) is 6.50. The van der Waals surface area contributed by atoms with Crippen LogP contribution in [0.25, 0.3) is 0 Å². The first kappa shape index (κ1) is 28.2. The Labute approximate surface area is 181 Å². The van der Waals surface area contributed by atoms with Crippen LogP contribution in [0.5, 0.6) is 0 Å². The van der Waals surface area contributed by atoms with Gasteiger partial charge in [0.2, 0.25) is 0 Å². The molecule has 6 nitrogen and oxygen atoms in total. The molecule has 0 aromatic heterocycles. The third kappa shape index (κ3) is 23.4. The number of hydrogen-bond donors (Lipinski definition) is 0. The summed E-state index contributed by atoms with van der Waals surface area (Å²) in [7, 11) is 0. The Morgan fingerprint density at radius 1 is 0.621 bits per heavy atom. The molecule has 7 heteroatoms. The highest BCUT2D eigenvalue weighted by Crippen LogP contribution is 2.11. The molecule has 0 aromatic rings. The fourth-order valence-corrected chi connectivity index (χ4v) is 3.35. The largest absolute Gasteiger partial charge is 0.458 e. The highest BCUT2D eigenvalue weighted by atomic mass is 32.2. The highest BCUT2D eigenvalue weighted by molar-refractivity contribution is 7.99. The van der Waals surface area contributed by atoms with Gasteiger partial charge in [-0.25, -0.2) is 9.59 Å². The van der Waals surface area contributed by atoms with Gasteiger partial charge >= 0.3 is 11.9 Å². The zero-order valence-corrected chi connectivity index (χ0v) is 20.2. The van der Waals surface area contributed by atoms with E-state index in [9.17, 15) is 9.59 Å². The number of carbonyl (C=O) groups excluding carboxylic acids is 2. The van der Waals surface area contributed by atoms with Crippen molar-refractivity contribution in [3.63, 3.8) is 0 Å². The Hall–Kier alpha value is -0.790. The third-order valence-electron chi connectivity index (χ3n) is 3.43. The van der Waals surface area contributed by atoms with Crippen molar-refractivity contribution in [1.82, 2.24) is 0 Å². The van der Waals surface area contributed by atoms with Gasteiger partial charge < -0.3 is 18.9 Å². The summed E-state index contributed by atoms with van der Waals surface area (Å²) >= 11 is 1.97. The van der Waals surface area contributed by atoms with Crippen molar-refractivity contribution in [2.75, 3.05) is 37.9 Å². The van der Waals surface area contributed by atoms with Crippen LogP contribution in [0.4, 0.5) is 0 Å². The molecule has 172 valence electrons. The predicted octanol–water partition coefficient (Wildman–Crippen LogP) is 4.78. The molecular formula is C22H42O6S. The van der Waals surface area contributed by atoms with E-state index >= 15 is 0 Å². The van der Waals surface area contributed by atoms with Crippen LogP contribution in [0.15, 0.2) is 0 Å². The quantitative estimate of drug-likeness (QED) is 0.256. The molecule has 0 bridgehead atoms. The van der Waals surface area contributed by atoms with Gasteiger partial charge in [-0.2, -0.15) is 11.8 Å². The van der Waals surface area contributed by atoms with Gasteiger partial charge in [0.15, 0.2) is 0 Å². The van der Waals surface area contributed by atoms with Gasteiger partial charge in [-0.1, -0.05) is 12.8 Å². The van der Waals surface area contributed by atoms with Crippen LogP contribution in [-0.2, 0) is 28.5 Å². The molecule has 0 amide bonds. The lowest BCUT2D eigenvalue weighted by molar-refractivity contribution is -0.161. The van der Waals surface area contributed by atoms with Crippen molar-refractivity contribution in [3.05, 3.63) is 0 Å². The Morgan fingerprint density at radius 3 is 1.34 bits per heavy atom. The van der Waals surface area contributed by atoms with Gasteiger partial charge in [-0.05, 0) is 78.7 Å². The number of esters is 2. The molecule has 0 unspecified atom stereocenters. The van der Waals surface area contributed by atoms with E-state index in [2.05, 4.69) is 0 Å². The SMILES string of the molecule is CC(C)(C)OC(=O)COCCCCCSCCCCCOCC(=O)OC(C)(C)C. The molecule has 0 saturated heterocycles. The zero-order chi connectivity index (χ0) is 22.2. The van der Waals surface area contributed by atoms with Crippen molar-refractivity contribution < 1.29 is 28.5 Å². The topological polar surface area (TPSA) is 71.1 Å². The molecule has 0 aliphatic heterocycles. The summed E-state index contributed by atoms with van der Waals surface area (Å²) in [4.78, 5) is 23.0. The maximum absolute atomic E-state index is 11.5. The lowest BCUT2D eigenvalue weighted by Gasteiger charge is -2.19. The fraction of sp³-hybridized carbons (Fsp3) is 0.909. The molecule has 0 aliphatic carbocycles. The molecule has 0 spiro atoms. The Bertz CT molecular complexity index is 400. The first-order chi connectivity index (χ1) is 13.5. The number of thioether (sulfide) groups is 1. The van der Waals surface area contributed by atoms with Crippen LogP contribution in [0.1, 0.15) is 80.1 Å². The molecule has 0 N–H and O–H groups in total. The van der Waals surface area contributed by atoms with Crippen molar-refractivity contribution in [2.24, 2.45) is 0 Å². The maximum atomic E-state index is 11.5. The minimum Gasteiger partial charge on any atom is -0.458 e. The molecule has 0 heterocycles. The molecule has 0 aliphatic rings.